The fraction of sp³-hybridized carbons (Fsp3) is 0.238. The van der Waals surface area contributed by atoms with Crippen molar-refractivity contribution in [3.63, 3.8) is 0 Å². The summed E-state index contributed by atoms with van der Waals surface area (Å²) < 4.78 is 16.1. The third-order valence-electron chi connectivity index (χ3n) is 4.19. The van der Waals surface area contributed by atoms with E-state index in [4.69, 9.17) is 13.9 Å². The average Bonchev–Trinajstić information content (AvgIpc) is 3.10. The van der Waals surface area contributed by atoms with Crippen LogP contribution in [0.25, 0.3) is 11.0 Å². The molecule has 0 unspecified atom stereocenters. The van der Waals surface area contributed by atoms with Crippen molar-refractivity contribution in [2.24, 2.45) is 0 Å². The molecule has 0 saturated carbocycles. The van der Waals surface area contributed by atoms with Gasteiger partial charge in [-0.1, -0.05) is 29.8 Å². The predicted molar refractivity (Wildman–Crippen MR) is 102 cm³/mol. The van der Waals surface area contributed by atoms with E-state index >= 15 is 0 Å². The number of nitrogens with one attached hydrogen (secondary N) is 1. The number of hydrogen-bond donors (Lipinski definition) is 2. The Balaban J connectivity index is 1.63. The van der Waals surface area contributed by atoms with Gasteiger partial charge in [-0.2, -0.15) is 0 Å². The lowest BCUT2D eigenvalue weighted by Crippen LogP contribution is -2.43. The molecule has 2 aromatic carbocycles. The number of amides is 1. The third-order valence-corrected chi connectivity index (χ3v) is 4.19. The van der Waals surface area contributed by atoms with Gasteiger partial charge in [0.25, 0.3) is 5.91 Å². The molecule has 0 aliphatic heterocycles. The van der Waals surface area contributed by atoms with Gasteiger partial charge in [0.2, 0.25) is 0 Å². The summed E-state index contributed by atoms with van der Waals surface area (Å²) in [5, 5.41) is 12.5. The second kappa shape index (κ2) is 8.58. The monoisotopic (exact) mass is 383 g/mol. The molecule has 3 rings (SSSR count). The van der Waals surface area contributed by atoms with E-state index in [2.05, 4.69) is 5.32 Å². The number of hydrogen-bond acceptors (Lipinski definition) is 5. The predicted octanol–water partition coefficient (Wildman–Crippen LogP) is 3.15. The second-order valence-electron chi connectivity index (χ2n) is 6.38. The summed E-state index contributed by atoms with van der Waals surface area (Å²) in [5.74, 6) is -1.15. The molecular formula is C21H21NO6. The lowest BCUT2D eigenvalue weighted by molar-refractivity contribution is -0.141. The van der Waals surface area contributed by atoms with Crippen molar-refractivity contribution in [1.29, 1.82) is 0 Å². The highest BCUT2D eigenvalue weighted by Gasteiger charge is 2.23. The summed E-state index contributed by atoms with van der Waals surface area (Å²) in [4.78, 5) is 23.9. The Kier molecular flexibility index (Phi) is 5.96. The summed E-state index contributed by atoms with van der Waals surface area (Å²) in [6, 6.07) is 13.2. The minimum atomic E-state index is -1.19. The number of fused-ring (bicyclic) bond motifs is 1. The Labute approximate surface area is 161 Å². The molecule has 7 heteroatoms. The number of methoxy groups -OCH3 is 1. The SMILES string of the molecule is COc1ccc2oc(C(=O)N[C@@H](COCc3cccc(C)c3)C(=O)O)cc2c1. The van der Waals surface area contributed by atoms with Gasteiger partial charge < -0.3 is 24.3 Å². The number of benzene rings is 2. The number of aliphatic carboxylic acids is 1. The molecule has 0 aliphatic rings. The van der Waals surface area contributed by atoms with Crippen LogP contribution in [0.5, 0.6) is 5.75 Å². The zero-order chi connectivity index (χ0) is 20.1. The van der Waals surface area contributed by atoms with E-state index in [1.165, 1.54) is 0 Å². The van der Waals surface area contributed by atoms with Crippen LogP contribution in [0, 0.1) is 6.92 Å². The van der Waals surface area contributed by atoms with Crippen LogP contribution in [0.1, 0.15) is 21.7 Å². The molecule has 1 aromatic heterocycles. The average molecular weight is 383 g/mol. The van der Waals surface area contributed by atoms with Crippen molar-refractivity contribution in [1.82, 2.24) is 5.32 Å². The number of carboxylic acid groups (broad SMARTS) is 1. The first-order chi connectivity index (χ1) is 13.5. The number of carbonyl (C=O) groups is 2. The highest BCUT2D eigenvalue weighted by atomic mass is 16.5. The van der Waals surface area contributed by atoms with Crippen molar-refractivity contribution < 1.29 is 28.6 Å². The van der Waals surface area contributed by atoms with Crippen LogP contribution in [-0.2, 0) is 16.1 Å². The van der Waals surface area contributed by atoms with Crippen LogP contribution in [0.15, 0.2) is 52.9 Å². The first kappa shape index (κ1) is 19.4. The lowest BCUT2D eigenvalue weighted by atomic mass is 10.1. The Bertz CT molecular complexity index is 993. The van der Waals surface area contributed by atoms with E-state index < -0.39 is 17.9 Å². The van der Waals surface area contributed by atoms with E-state index in [9.17, 15) is 14.7 Å². The number of rotatable bonds is 8. The maximum absolute atomic E-state index is 12.4. The van der Waals surface area contributed by atoms with Crippen molar-refractivity contribution in [2.45, 2.75) is 19.6 Å². The molecule has 0 spiro atoms. The molecule has 1 heterocycles. The number of carboxylic acids is 1. The Hall–Kier alpha value is -3.32. The molecule has 0 aliphatic carbocycles. The highest BCUT2D eigenvalue weighted by molar-refractivity contribution is 5.98. The molecule has 0 saturated heterocycles. The van der Waals surface area contributed by atoms with Gasteiger partial charge in [-0.15, -0.1) is 0 Å². The van der Waals surface area contributed by atoms with Gasteiger partial charge in [0, 0.05) is 5.39 Å². The van der Waals surface area contributed by atoms with Crippen LogP contribution < -0.4 is 10.1 Å². The Morgan fingerprint density at radius 3 is 2.71 bits per heavy atom. The number of carbonyl (C=O) groups excluding carboxylic acids is 1. The van der Waals surface area contributed by atoms with Gasteiger partial charge >= 0.3 is 5.97 Å². The normalized spacial score (nSPS) is 11.9. The summed E-state index contributed by atoms with van der Waals surface area (Å²) in [7, 11) is 1.54. The van der Waals surface area contributed by atoms with Gasteiger partial charge in [-0.3, -0.25) is 4.79 Å². The largest absolute Gasteiger partial charge is 0.497 e. The first-order valence-corrected chi connectivity index (χ1v) is 8.71. The van der Waals surface area contributed by atoms with Gasteiger partial charge in [-0.05, 0) is 36.8 Å². The third kappa shape index (κ3) is 4.69. The van der Waals surface area contributed by atoms with Crippen LogP contribution in [0.3, 0.4) is 0 Å². The fourth-order valence-electron chi connectivity index (χ4n) is 2.76. The molecular weight excluding hydrogens is 362 g/mol. The van der Waals surface area contributed by atoms with Gasteiger partial charge in [0.15, 0.2) is 11.8 Å². The summed E-state index contributed by atoms with van der Waals surface area (Å²) in [5.41, 5.74) is 2.53. The van der Waals surface area contributed by atoms with E-state index in [1.807, 2.05) is 31.2 Å². The summed E-state index contributed by atoms with van der Waals surface area (Å²) >= 11 is 0. The van der Waals surface area contributed by atoms with Crippen LogP contribution in [0.2, 0.25) is 0 Å². The van der Waals surface area contributed by atoms with Crippen molar-refractivity contribution in [3.8, 4) is 5.75 Å². The summed E-state index contributed by atoms with van der Waals surface area (Å²) in [6.45, 7) is 2.06. The van der Waals surface area contributed by atoms with E-state index in [0.29, 0.717) is 16.7 Å². The molecule has 0 fully saturated rings. The Morgan fingerprint density at radius 1 is 1.18 bits per heavy atom. The molecule has 146 valence electrons. The maximum atomic E-state index is 12.4. The summed E-state index contributed by atoms with van der Waals surface area (Å²) in [6.07, 6.45) is 0. The molecule has 28 heavy (non-hydrogen) atoms. The van der Waals surface area contributed by atoms with Crippen molar-refractivity contribution >= 4 is 22.8 Å². The van der Waals surface area contributed by atoms with Gasteiger partial charge in [0.05, 0.1) is 20.3 Å². The van der Waals surface area contributed by atoms with E-state index in [0.717, 1.165) is 11.1 Å². The van der Waals surface area contributed by atoms with Crippen LogP contribution >= 0.6 is 0 Å². The molecule has 1 atom stereocenters. The van der Waals surface area contributed by atoms with Crippen LogP contribution in [0.4, 0.5) is 0 Å². The topological polar surface area (TPSA) is 98.0 Å². The zero-order valence-electron chi connectivity index (χ0n) is 15.6. The quantitative estimate of drug-likeness (QED) is 0.620. The number of aryl methyl sites for hydroxylation is 1. The second-order valence-corrected chi connectivity index (χ2v) is 6.38. The first-order valence-electron chi connectivity index (χ1n) is 8.71. The zero-order valence-corrected chi connectivity index (χ0v) is 15.6. The highest BCUT2D eigenvalue weighted by Crippen LogP contribution is 2.24. The van der Waals surface area contributed by atoms with Crippen molar-refractivity contribution in [2.75, 3.05) is 13.7 Å². The molecule has 0 radical (unpaired) electrons. The molecule has 1 amide bonds. The maximum Gasteiger partial charge on any atom is 0.328 e. The molecule has 7 nitrogen and oxygen atoms in total. The lowest BCUT2D eigenvalue weighted by Gasteiger charge is -2.14. The van der Waals surface area contributed by atoms with E-state index in [-0.39, 0.29) is 19.0 Å². The standard InChI is InChI=1S/C21H21NO6/c1-13-4-3-5-14(8-13)11-27-12-17(21(24)25)22-20(23)19-10-15-9-16(26-2)6-7-18(15)28-19/h3-10,17H,11-12H2,1-2H3,(H,22,23)(H,24,25)/t17-/m0/s1. The molecule has 0 bridgehead atoms. The molecule has 3 aromatic rings. The Morgan fingerprint density at radius 2 is 2.00 bits per heavy atom. The van der Waals surface area contributed by atoms with Crippen LogP contribution in [-0.4, -0.2) is 36.7 Å². The number of ether oxygens (including phenoxy) is 2. The minimum Gasteiger partial charge on any atom is -0.497 e. The molecule has 2 N–H and O–H groups in total. The fourth-order valence-corrected chi connectivity index (χ4v) is 2.76. The smallest absolute Gasteiger partial charge is 0.328 e. The van der Waals surface area contributed by atoms with E-state index in [1.54, 1.807) is 31.4 Å². The van der Waals surface area contributed by atoms with Gasteiger partial charge in [-0.25, -0.2) is 4.79 Å². The van der Waals surface area contributed by atoms with Gasteiger partial charge in [0.1, 0.15) is 11.3 Å². The minimum absolute atomic E-state index is 0.0215. The van der Waals surface area contributed by atoms with Crippen molar-refractivity contribution in [3.05, 3.63) is 65.4 Å². The number of furan rings is 1.